The van der Waals surface area contributed by atoms with E-state index in [1.807, 2.05) is 24.3 Å². The largest absolute Gasteiger partial charge is 0.343 e. The van der Waals surface area contributed by atoms with Crippen molar-refractivity contribution < 1.29 is 0 Å². The van der Waals surface area contributed by atoms with Gasteiger partial charge >= 0.3 is 0 Å². The minimum Gasteiger partial charge on any atom is -0.343 e. The van der Waals surface area contributed by atoms with Crippen molar-refractivity contribution in [3.05, 3.63) is 52.9 Å². The Balaban J connectivity index is 2.09. The van der Waals surface area contributed by atoms with Gasteiger partial charge in [-0.15, -0.1) is 0 Å². The summed E-state index contributed by atoms with van der Waals surface area (Å²) in [7, 11) is 0. The lowest BCUT2D eigenvalue weighted by Gasteiger charge is -2.08. The molecule has 3 rings (SSSR count). The molecule has 0 saturated carbocycles. The predicted octanol–water partition coefficient (Wildman–Crippen LogP) is 4.55. The Kier molecular flexibility index (Phi) is 3.80. The van der Waals surface area contributed by atoms with Crippen LogP contribution in [-0.4, -0.2) is 15.0 Å². The van der Waals surface area contributed by atoms with E-state index in [-0.39, 0.29) is 0 Å². The van der Waals surface area contributed by atoms with Crippen molar-refractivity contribution in [1.29, 1.82) is 0 Å². The highest BCUT2D eigenvalue weighted by Crippen LogP contribution is 2.21. The van der Waals surface area contributed by atoms with E-state index in [2.05, 4.69) is 40.9 Å². The first-order chi connectivity index (χ1) is 10.1. The first kappa shape index (κ1) is 13.9. The second kappa shape index (κ2) is 5.74. The number of H-pyrrole nitrogens is 1. The number of aromatic amines is 1. The summed E-state index contributed by atoms with van der Waals surface area (Å²) in [6.07, 6.45) is 2.77. The molecule has 0 aliphatic rings. The summed E-state index contributed by atoms with van der Waals surface area (Å²) in [6.45, 7) is 4.39. The average Bonchev–Trinajstić information content (AvgIpc) is 2.45. The highest BCUT2D eigenvalue weighted by molar-refractivity contribution is 7.71. The van der Waals surface area contributed by atoms with Gasteiger partial charge in [-0.2, -0.15) is 0 Å². The molecule has 1 aromatic carbocycles. The Hall–Kier alpha value is -2.07. The van der Waals surface area contributed by atoms with Crippen LogP contribution in [0.3, 0.4) is 0 Å². The van der Waals surface area contributed by atoms with Crippen molar-refractivity contribution in [3.63, 3.8) is 0 Å². The molecule has 4 heteroatoms. The summed E-state index contributed by atoms with van der Waals surface area (Å²) in [5.74, 6) is 1.40. The summed E-state index contributed by atoms with van der Waals surface area (Å²) in [5.41, 5.74) is 3.15. The number of nitrogens with one attached hydrogen (secondary N) is 1. The van der Waals surface area contributed by atoms with Crippen molar-refractivity contribution >= 4 is 23.1 Å². The molecule has 21 heavy (non-hydrogen) atoms. The number of hydrogen-bond donors (Lipinski definition) is 1. The molecule has 0 bridgehead atoms. The number of nitrogens with zero attached hydrogens (tertiary/aromatic N) is 2. The molecule has 0 aliphatic heterocycles. The Morgan fingerprint density at radius 1 is 1.19 bits per heavy atom. The van der Waals surface area contributed by atoms with Crippen LogP contribution in [0.5, 0.6) is 0 Å². The van der Waals surface area contributed by atoms with Crippen LogP contribution in [0, 0.1) is 10.6 Å². The quantitative estimate of drug-likeness (QED) is 0.721. The monoisotopic (exact) mass is 295 g/mol. The van der Waals surface area contributed by atoms with Gasteiger partial charge in [-0.25, -0.2) is 4.98 Å². The summed E-state index contributed by atoms with van der Waals surface area (Å²) in [4.78, 5) is 12.2. The summed E-state index contributed by atoms with van der Waals surface area (Å²) in [5, 5.41) is 1.10. The minimum atomic E-state index is 0.576. The van der Waals surface area contributed by atoms with Crippen LogP contribution < -0.4 is 0 Å². The predicted molar refractivity (Wildman–Crippen MR) is 88.7 cm³/mol. The number of fused-ring (bicyclic) bond motifs is 1. The van der Waals surface area contributed by atoms with Crippen LogP contribution in [-0.2, 0) is 6.42 Å². The first-order valence-electron chi connectivity index (χ1n) is 7.07. The summed E-state index contributed by atoms with van der Waals surface area (Å²) < 4.78 is 0.630. The zero-order valence-electron chi connectivity index (χ0n) is 12.1. The number of pyridine rings is 1. The van der Waals surface area contributed by atoms with Gasteiger partial charge in [0.1, 0.15) is 10.5 Å². The number of aromatic nitrogens is 3. The molecule has 2 aromatic heterocycles. The molecule has 2 heterocycles. The second-order valence-corrected chi connectivity index (χ2v) is 6.02. The van der Waals surface area contributed by atoms with Gasteiger partial charge in [0.15, 0.2) is 0 Å². The number of hydrogen-bond acceptors (Lipinski definition) is 3. The summed E-state index contributed by atoms with van der Waals surface area (Å²) >= 11 is 5.29. The molecule has 3 aromatic rings. The molecule has 106 valence electrons. The van der Waals surface area contributed by atoms with Gasteiger partial charge in [-0.1, -0.05) is 32.1 Å². The molecule has 0 amide bonds. The molecule has 0 aliphatic carbocycles. The molecular weight excluding hydrogens is 278 g/mol. The first-order valence-corrected chi connectivity index (χ1v) is 7.48. The SMILES string of the molecule is CC(C)Cc1cc(=S)nc(-c2ccc3ncccc3c2)[nH]1. The standard InChI is InChI=1S/C17H17N3S/c1-11(2)8-14-10-16(21)20-17(19-14)13-5-6-15-12(9-13)4-3-7-18-15/h3-7,9-11H,8H2,1-2H3,(H,19,20,21). The van der Waals surface area contributed by atoms with Crippen LogP contribution >= 0.6 is 12.2 Å². The fourth-order valence-electron chi connectivity index (χ4n) is 2.42. The minimum absolute atomic E-state index is 0.576. The average molecular weight is 295 g/mol. The van der Waals surface area contributed by atoms with E-state index in [4.69, 9.17) is 12.2 Å². The van der Waals surface area contributed by atoms with Crippen molar-refractivity contribution in [2.24, 2.45) is 5.92 Å². The normalized spacial score (nSPS) is 11.2. The lowest BCUT2D eigenvalue weighted by Crippen LogP contribution is -2.00. The van der Waals surface area contributed by atoms with E-state index < -0.39 is 0 Å². The molecule has 3 nitrogen and oxygen atoms in total. The highest BCUT2D eigenvalue weighted by atomic mass is 32.1. The van der Waals surface area contributed by atoms with E-state index in [1.54, 1.807) is 6.20 Å². The lowest BCUT2D eigenvalue weighted by atomic mass is 10.1. The molecule has 1 N–H and O–H groups in total. The van der Waals surface area contributed by atoms with Gasteiger partial charge in [-0.3, -0.25) is 4.98 Å². The van der Waals surface area contributed by atoms with E-state index in [0.29, 0.717) is 10.6 Å². The van der Waals surface area contributed by atoms with Crippen LogP contribution in [0.4, 0.5) is 0 Å². The zero-order chi connectivity index (χ0) is 14.8. The van der Waals surface area contributed by atoms with Gasteiger partial charge in [-0.05, 0) is 42.7 Å². The van der Waals surface area contributed by atoms with Gasteiger partial charge in [0.25, 0.3) is 0 Å². The van der Waals surface area contributed by atoms with E-state index in [9.17, 15) is 0 Å². The number of rotatable bonds is 3. The van der Waals surface area contributed by atoms with Gasteiger partial charge in [0.05, 0.1) is 5.52 Å². The highest BCUT2D eigenvalue weighted by Gasteiger charge is 2.05. The van der Waals surface area contributed by atoms with Gasteiger partial charge < -0.3 is 4.98 Å². The molecular formula is C17H17N3S. The second-order valence-electron chi connectivity index (χ2n) is 5.60. The Bertz CT molecular complexity index is 837. The molecule has 0 radical (unpaired) electrons. The van der Waals surface area contributed by atoms with Crippen molar-refractivity contribution in [3.8, 4) is 11.4 Å². The zero-order valence-corrected chi connectivity index (χ0v) is 12.9. The van der Waals surface area contributed by atoms with Crippen molar-refractivity contribution in [1.82, 2.24) is 15.0 Å². The van der Waals surface area contributed by atoms with Crippen molar-refractivity contribution in [2.45, 2.75) is 20.3 Å². The third-order valence-corrected chi connectivity index (χ3v) is 3.51. The maximum absolute atomic E-state index is 5.29. The molecule has 0 spiro atoms. The van der Waals surface area contributed by atoms with Crippen LogP contribution in [0.15, 0.2) is 42.6 Å². The van der Waals surface area contributed by atoms with E-state index in [1.165, 1.54) is 0 Å². The summed E-state index contributed by atoms with van der Waals surface area (Å²) in [6, 6.07) is 12.1. The number of benzene rings is 1. The third kappa shape index (κ3) is 3.16. The molecule has 0 unspecified atom stereocenters. The van der Waals surface area contributed by atoms with E-state index in [0.717, 1.165) is 34.4 Å². The van der Waals surface area contributed by atoms with Crippen LogP contribution in [0.2, 0.25) is 0 Å². The topological polar surface area (TPSA) is 41.6 Å². The maximum Gasteiger partial charge on any atom is 0.139 e. The fraction of sp³-hybridized carbons (Fsp3) is 0.235. The van der Waals surface area contributed by atoms with Gasteiger partial charge in [0, 0.05) is 22.8 Å². The fourth-order valence-corrected chi connectivity index (χ4v) is 2.65. The Morgan fingerprint density at radius 2 is 2.05 bits per heavy atom. The smallest absolute Gasteiger partial charge is 0.139 e. The lowest BCUT2D eigenvalue weighted by molar-refractivity contribution is 0.634. The maximum atomic E-state index is 5.29. The Morgan fingerprint density at radius 3 is 2.86 bits per heavy atom. The molecule has 0 atom stereocenters. The third-order valence-electron chi connectivity index (χ3n) is 3.30. The molecule has 0 saturated heterocycles. The Labute approximate surface area is 129 Å². The van der Waals surface area contributed by atoms with E-state index >= 15 is 0 Å². The van der Waals surface area contributed by atoms with Gasteiger partial charge in [0.2, 0.25) is 0 Å². The van der Waals surface area contributed by atoms with Crippen LogP contribution in [0.1, 0.15) is 19.5 Å². The van der Waals surface area contributed by atoms with Crippen molar-refractivity contribution in [2.75, 3.05) is 0 Å². The molecule has 0 fully saturated rings. The van der Waals surface area contributed by atoms with Crippen LogP contribution in [0.25, 0.3) is 22.3 Å².